The minimum atomic E-state index is -0.104. The number of carbonyl (C=O) groups excluding carboxylic acids is 2. The van der Waals surface area contributed by atoms with Crippen LogP contribution < -0.4 is 0 Å². The fourth-order valence-corrected chi connectivity index (χ4v) is 4.86. The van der Waals surface area contributed by atoms with Gasteiger partial charge in [-0.15, -0.1) is 0 Å². The van der Waals surface area contributed by atoms with Crippen molar-refractivity contribution in [2.75, 3.05) is 13.6 Å². The first-order valence-corrected chi connectivity index (χ1v) is 11.0. The summed E-state index contributed by atoms with van der Waals surface area (Å²) in [5.41, 5.74) is 3.11. The van der Waals surface area contributed by atoms with Crippen molar-refractivity contribution in [3.05, 3.63) is 29.6 Å². The average molecular weight is 397 g/mol. The highest BCUT2D eigenvalue weighted by molar-refractivity contribution is 5.84. The first-order valence-electron chi connectivity index (χ1n) is 11.0. The number of carbonyl (C=O) groups is 2. The minimum absolute atomic E-state index is 0.104. The third-order valence-corrected chi connectivity index (χ3v) is 6.51. The second-order valence-electron chi connectivity index (χ2n) is 8.83. The number of fused-ring (bicyclic) bond motifs is 1. The smallest absolute Gasteiger partial charge is 0.227 e. The molecule has 1 aromatic heterocycles. The fraction of sp³-hybridized carbons (Fsp3) is 0.609. The predicted molar refractivity (Wildman–Crippen MR) is 113 cm³/mol. The number of rotatable bonds is 4. The number of benzene rings is 1. The molecule has 1 atom stereocenters. The minimum Gasteiger partial charge on any atom is -0.340 e. The monoisotopic (exact) mass is 396 g/mol. The summed E-state index contributed by atoms with van der Waals surface area (Å²) in [6.45, 7) is 3.09. The second-order valence-corrected chi connectivity index (χ2v) is 8.83. The van der Waals surface area contributed by atoms with Crippen LogP contribution in [0.25, 0.3) is 11.0 Å². The van der Waals surface area contributed by atoms with Crippen molar-refractivity contribution in [2.24, 2.45) is 5.92 Å². The molecule has 1 aromatic carbocycles. The normalized spacial score (nSPS) is 21.4. The molecule has 1 aliphatic heterocycles. The number of hydrogen-bond acceptors (Lipinski definition) is 3. The highest BCUT2D eigenvalue weighted by Crippen LogP contribution is 2.28. The molecule has 2 aliphatic rings. The van der Waals surface area contributed by atoms with Crippen molar-refractivity contribution < 1.29 is 9.59 Å². The summed E-state index contributed by atoms with van der Waals surface area (Å²) in [7, 11) is 1.84. The van der Waals surface area contributed by atoms with Crippen LogP contribution in [0.3, 0.4) is 0 Å². The number of likely N-dealkylation sites (tertiary alicyclic amines) is 1. The molecule has 4 rings (SSSR count). The number of amides is 2. The van der Waals surface area contributed by atoms with E-state index in [0.717, 1.165) is 29.7 Å². The Morgan fingerprint density at radius 1 is 1.21 bits per heavy atom. The number of imidazole rings is 1. The van der Waals surface area contributed by atoms with E-state index in [1.165, 1.54) is 31.2 Å². The summed E-state index contributed by atoms with van der Waals surface area (Å²) in [6, 6.07) is 6.45. The molecule has 0 spiro atoms. The molecule has 6 heteroatoms. The molecule has 1 saturated heterocycles. The molecule has 2 fully saturated rings. The van der Waals surface area contributed by atoms with Crippen LogP contribution in [0.4, 0.5) is 0 Å². The third-order valence-electron chi connectivity index (χ3n) is 6.51. The zero-order chi connectivity index (χ0) is 20.4. The van der Waals surface area contributed by atoms with E-state index in [-0.39, 0.29) is 17.7 Å². The van der Waals surface area contributed by atoms with Crippen LogP contribution in [0.1, 0.15) is 62.8 Å². The lowest BCUT2D eigenvalue weighted by Crippen LogP contribution is -2.50. The van der Waals surface area contributed by atoms with Crippen LogP contribution in [-0.2, 0) is 16.1 Å². The Morgan fingerprint density at radius 2 is 1.97 bits per heavy atom. The number of aryl methyl sites for hydroxylation is 1. The number of nitrogens with zero attached hydrogens (tertiary/aromatic N) is 3. The van der Waals surface area contributed by atoms with E-state index < -0.39 is 0 Å². The Morgan fingerprint density at radius 3 is 2.72 bits per heavy atom. The van der Waals surface area contributed by atoms with Gasteiger partial charge in [0.15, 0.2) is 0 Å². The second kappa shape index (κ2) is 8.56. The molecular formula is C23H32N4O2. The topological polar surface area (TPSA) is 69.3 Å². The van der Waals surface area contributed by atoms with Crippen molar-refractivity contribution >= 4 is 22.8 Å². The molecular weight excluding hydrogens is 364 g/mol. The predicted octanol–water partition coefficient (Wildman–Crippen LogP) is 3.79. The number of nitrogens with one attached hydrogen (secondary N) is 1. The van der Waals surface area contributed by atoms with Gasteiger partial charge < -0.3 is 14.8 Å². The Bertz CT molecular complexity index is 882. The molecule has 29 heavy (non-hydrogen) atoms. The van der Waals surface area contributed by atoms with Gasteiger partial charge in [-0.05, 0) is 43.9 Å². The molecule has 1 saturated carbocycles. The Kier molecular flexibility index (Phi) is 5.88. The molecule has 6 nitrogen and oxygen atoms in total. The van der Waals surface area contributed by atoms with Crippen LogP contribution in [0.15, 0.2) is 18.2 Å². The zero-order valence-electron chi connectivity index (χ0n) is 17.6. The SMILES string of the molecule is Cc1ccc2nc(CN(C)C(=O)C3CCC(=O)N(C4CCCCCC4)C3)[nH]c2c1. The lowest BCUT2D eigenvalue weighted by Gasteiger charge is -2.38. The molecule has 1 N–H and O–H groups in total. The average Bonchev–Trinajstić information content (AvgIpc) is 2.91. The van der Waals surface area contributed by atoms with Gasteiger partial charge in [0.2, 0.25) is 11.8 Å². The van der Waals surface area contributed by atoms with Crippen molar-refractivity contribution in [3.8, 4) is 0 Å². The Labute approximate surface area is 172 Å². The van der Waals surface area contributed by atoms with Crippen LogP contribution >= 0.6 is 0 Å². The van der Waals surface area contributed by atoms with Gasteiger partial charge in [-0.2, -0.15) is 0 Å². The molecule has 156 valence electrons. The zero-order valence-corrected chi connectivity index (χ0v) is 17.6. The van der Waals surface area contributed by atoms with Gasteiger partial charge >= 0.3 is 0 Å². The summed E-state index contributed by atoms with van der Waals surface area (Å²) in [5, 5.41) is 0. The van der Waals surface area contributed by atoms with Gasteiger partial charge in [0.25, 0.3) is 0 Å². The maximum absolute atomic E-state index is 13.1. The molecule has 0 bridgehead atoms. The third kappa shape index (κ3) is 4.46. The van der Waals surface area contributed by atoms with E-state index in [1.54, 1.807) is 4.90 Å². The van der Waals surface area contributed by atoms with Gasteiger partial charge in [-0.1, -0.05) is 31.7 Å². The van der Waals surface area contributed by atoms with Crippen LogP contribution in [0.5, 0.6) is 0 Å². The highest BCUT2D eigenvalue weighted by Gasteiger charge is 2.35. The maximum Gasteiger partial charge on any atom is 0.227 e. The maximum atomic E-state index is 13.1. The number of H-pyrrole nitrogens is 1. The van der Waals surface area contributed by atoms with Crippen LogP contribution in [0, 0.1) is 12.8 Å². The Hall–Kier alpha value is -2.37. The van der Waals surface area contributed by atoms with Gasteiger partial charge in [0.05, 0.1) is 23.5 Å². The van der Waals surface area contributed by atoms with Gasteiger partial charge in [0.1, 0.15) is 5.82 Å². The largest absolute Gasteiger partial charge is 0.340 e. The number of aromatic amines is 1. The number of piperidine rings is 1. The summed E-state index contributed by atoms with van der Waals surface area (Å²) in [5.74, 6) is 1.05. The molecule has 2 amide bonds. The molecule has 2 heterocycles. The summed E-state index contributed by atoms with van der Waals surface area (Å²) < 4.78 is 0. The fourth-order valence-electron chi connectivity index (χ4n) is 4.86. The Balaban J connectivity index is 1.41. The van der Waals surface area contributed by atoms with E-state index in [0.29, 0.717) is 32.0 Å². The van der Waals surface area contributed by atoms with Crippen molar-refractivity contribution in [2.45, 2.75) is 70.9 Å². The van der Waals surface area contributed by atoms with E-state index >= 15 is 0 Å². The first kappa shape index (κ1) is 19.9. The molecule has 0 radical (unpaired) electrons. The van der Waals surface area contributed by atoms with Crippen LogP contribution in [0.2, 0.25) is 0 Å². The molecule has 1 unspecified atom stereocenters. The summed E-state index contributed by atoms with van der Waals surface area (Å²) >= 11 is 0. The van der Waals surface area contributed by atoms with Crippen molar-refractivity contribution in [1.82, 2.24) is 19.8 Å². The number of hydrogen-bond donors (Lipinski definition) is 1. The lowest BCUT2D eigenvalue weighted by molar-refractivity contribution is -0.144. The van der Waals surface area contributed by atoms with E-state index in [1.807, 2.05) is 24.1 Å². The van der Waals surface area contributed by atoms with Crippen molar-refractivity contribution in [1.29, 1.82) is 0 Å². The standard InChI is InChI=1S/C23H32N4O2/c1-16-9-11-19-20(13-16)25-21(24-19)15-26(2)23(29)17-10-12-22(28)27(14-17)18-7-5-3-4-6-8-18/h9,11,13,17-18H,3-8,10,12,14-15H2,1-2H3,(H,24,25). The lowest BCUT2D eigenvalue weighted by atomic mass is 9.93. The molecule has 2 aromatic rings. The number of aromatic nitrogens is 2. The summed E-state index contributed by atoms with van der Waals surface area (Å²) in [6.07, 6.45) is 8.23. The quantitative estimate of drug-likeness (QED) is 0.800. The van der Waals surface area contributed by atoms with Crippen molar-refractivity contribution in [3.63, 3.8) is 0 Å². The highest BCUT2D eigenvalue weighted by atomic mass is 16.2. The van der Waals surface area contributed by atoms with E-state index in [2.05, 4.69) is 23.0 Å². The van der Waals surface area contributed by atoms with Gasteiger partial charge in [-0.3, -0.25) is 9.59 Å². The van der Waals surface area contributed by atoms with Gasteiger partial charge in [0, 0.05) is 26.1 Å². The summed E-state index contributed by atoms with van der Waals surface area (Å²) in [4.78, 5) is 37.4. The molecule has 1 aliphatic carbocycles. The van der Waals surface area contributed by atoms with E-state index in [9.17, 15) is 9.59 Å². The van der Waals surface area contributed by atoms with E-state index in [4.69, 9.17) is 0 Å². The van der Waals surface area contributed by atoms with Gasteiger partial charge in [-0.25, -0.2) is 4.98 Å². The first-order chi connectivity index (χ1) is 14.0. The van der Waals surface area contributed by atoms with Crippen LogP contribution in [-0.4, -0.2) is 51.2 Å².